The Labute approximate surface area is 242 Å². The maximum atomic E-state index is 8.07. The van der Waals surface area contributed by atoms with Gasteiger partial charge in [0.05, 0.1) is 5.69 Å². The SMILES string of the molecule is C=C1c2ccccc2/C=C\N(/C(N)=C/C=C\CC(N)=NC(=N)c2ccccc2)c2ccccc21.Cc1ccccc1. The Bertz CT molecular complexity index is 1610. The molecule has 204 valence electrons. The van der Waals surface area contributed by atoms with E-state index in [2.05, 4.69) is 48.8 Å². The average molecular weight is 538 g/mol. The molecule has 4 aromatic carbocycles. The molecule has 0 saturated heterocycles. The van der Waals surface area contributed by atoms with Crippen LogP contribution in [0.5, 0.6) is 0 Å². The number of rotatable bonds is 5. The Morgan fingerprint density at radius 2 is 1.44 bits per heavy atom. The third-order valence-electron chi connectivity index (χ3n) is 6.43. The number of hydrogen-bond donors (Lipinski definition) is 3. The van der Waals surface area contributed by atoms with Gasteiger partial charge in [-0.1, -0.05) is 127 Å². The Balaban J connectivity index is 0.000000483. The van der Waals surface area contributed by atoms with Gasteiger partial charge in [0.25, 0.3) is 0 Å². The minimum Gasteiger partial charge on any atom is -0.387 e. The number of nitrogens with one attached hydrogen (secondary N) is 1. The highest BCUT2D eigenvalue weighted by Gasteiger charge is 2.17. The standard InChI is InChI=1S/C29H27N5.C7H8/c1-21-24-14-6-5-11-22(24)19-20-34(26-16-8-7-15-25(21)26)28(31)18-10-9-17-27(30)33-29(32)23-12-3-2-4-13-23;1-7-5-3-2-4-6-7/h2-16,18-20H,1,17,31H2,(H3,30,32,33);2-6H,1H3/b10-9-,20-19-,28-18+;. The van der Waals surface area contributed by atoms with Crippen LogP contribution in [0.3, 0.4) is 0 Å². The van der Waals surface area contributed by atoms with E-state index in [1.807, 2.05) is 114 Å². The van der Waals surface area contributed by atoms with Crippen LogP contribution in [0.1, 0.15) is 34.2 Å². The Kier molecular flexibility index (Phi) is 9.83. The van der Waals surface area contributed by atoms with E-state index in [1.165, 1.54) is 5.56 Å². The minimum atomic E-state index is 0.143. The van der Waals surface area contributed by atoms with Crippen molar-refractivity contribution in [2.75, 3.05) is 4.90 Å². The molecule has 0 spiro atoms. The summed E-state index contributed by atoms with van der Waals surface area (Å²) in [6.07, 6.45) is 9.98. The fourth-order valence-electron chi connectivity index (χ4n) is 4.28. The first kappa shape index (κ1) is 28.6. The van der Waals surface area contributed by atoms with E-state index in [0.29, 0.717) is 18.1 Å². The molecule has 0 unspecified atom stereocenters. The van der Waals surface area contributed by atoms with Gasteiger partial charge < -0.3 is 16.4 Å². The van der Waals surface area contributed by atoms with Crippen LogP contribution in [0, 0.1) is 12.3 Å². The van der Waals surface area contributed by atoms with Crippen molar-refractivity contribution in [3.63, 3.8) is 0 Å². The lowest BCUT2D eigenvalue weighted by Gasteiger charge is -2.26. The number of aryl methyl sites for hydroxylation is 1. The van der Waals surface area contributed by atoms with Crippen molar-refractivity contribution in [1.82, 2.24) is 0 Å². The molecule has 0 saturated carbocycles. The van der Waals surface area contributed by atoms with Gasteiger partial charge in [0.2, 0.25) is 0 Å². The van der Waals surface area contributed by atoms with Gasteiger partial charge in [-0.3, -0.25) is 5.41 Å². The number of fused-ring (bicyclic) bond motifs is 2. The highest BCUT2D eigenvalue weighted by atomic mass is 15.2. The lowest BCUT2D eigenvalue weighted by atomic mass is 9.92. The normalized spacial score (nSPS) is 13.8. The fraction of sp³-hybridized carbons (Fsp3) is 0.0556. The van der Waals surface area contributed by atoms with Gasteiger partial charge >= 0.3 is 0 Å². The number of aliphatic imine (C=N–C) groups is 1. The number of nitrogens with zero attached hydrogens (tertiary/aromatic N) is 2. The largest absolute Gasteiger partial charge is 0.387 e. The molecule has 5 rings (SSSR count). The average Bonchev–Trinajstić information content (AvgIpc) is 3.00. The summed E-state index contributed by atoms with van der Waals surface area (Å²) in [6.45, 7) is 6.44. The van der Waals surface area contributed by atoms with Crippen molar-refractivity contribution in [3.8, 4) is 0 Å². The lowest BCUT2D eigenvalue weighted by molar-refractivity contribution is 1.11. The number of para-hydroxylation sites is 1. The van der Waals surface area contributed by atoms with Crippen molar-refractivity contribution in [2.45, 2.75) is 13.3 Å². The molecule has 0 radical (unpaired) electrons. The third kappa shape index (κ3) is 7.80. The van der Waals surface area contributed by atoms with Crippen molar-refractivity contribution in [3.05, 3.63) is 174 Å². The van der Waals surface area contributed by atoms with Crippen LogP contribution in [0.25, 0.3) is 11.6 Å². The smallest absolute Gasteiger partial charge is 0.153 e. The summed E-state index contributed by atoms with van der Waals surface area (Å²) in [6, 6.07) is 35.8. The first-order chi connectivity index (χ1) is 19.9. The van der Waals surface area contributed by atoms with E-state index in [1.54, 1.807) is 0 Å². The van der Waals surface area contributed by atoms with Crippen molar-refractivity contribution < 1.29 is 0 Å². The highest BCUT2D eigenvalue weighted by Crippen LogP contribution is 2.35. The number of hydrogen-bond acceptors (Lipinski definition) is 3. The Morgan fingerprint density at radius 3 is 2.12 bits per heavy atom. The summed E-state index contributed by atoms with van der Waals surface area (Å²) >= 11 is 0. The first-order valence-electron chi connectivity index (χ1n) is 13.4. The molecule has 0 aromatic heterocycles. The number of anilines is 1. The number of allylic oxidation sites excluding steroid dienone is 2. The second-order valence-electron chi connectivity index (χ2n) is 9.46. The van der Waals surface area contributed by atoms with Crippen molar-refractivity contribution >= 4 is 29.0 Å². The predicted molar refractivity (Wildman–Crippen MR) is 175 cm³/mol. The molecular formula is C36H35N5. The van der Waals surface area contributed by atoms with Crippen LogP contribution in [0.4, 0.5) is 5.69 Å². The van der Waals surface area contributed by atoms with Crippen LogP contribution in [0.2, 0.25) is 0 Å². The van der Waals surface area contributed by atoms with Crippen LogP contribution < -0.4 is 16.4 Å². The molecule has 4 aromatic rings. The molecule has 5 N–H and O–H groups in total. The lowest BCUT2D eigenvalue weighted by Crippen LogP contribution is -2.23. The Hall–Kier alpha value is -5.42. The zero-order chi connectivity index (χ0) is 29.0. The monoisotopic (exact) mass is 537 g/mol. The molecule has 0 aliphatic carbocycles. The van der Waals surface area contributed by atoms with E-state index in [9.17, 15) is 0 Å². The van der Waals surface area contributed by atoms with Gasteiger partial charge in [-0.2, -0.15) is 0 Å². The first-order valence-corrected chi connectivity index (χ1v) is 13.4. The number of nitrogens with two attached hydrogens (primary N) is 2. The summed E-state index contributed by atoms with van der Waals surface area (Å²) in [4.78, 5) is 6.13. The van der Waals surface area contributed by atoms with E-state index in [0.717, 1.165) is 33.5 Å². The Morgan fingerprint density at radius 1 is 0.829 bits per heavy atom. The predicted octanol–water partition coefficient (Wildman–Crippen LogP) is 7.66. The summed E-state index contributed by atoms with van der Waals surface area (Å²) in [5.74, 6) is 1.06. The maximum absolute atomic E-state index is 8.07. The summed E-state index contributed by atoms with van der Waals surface area (Å²) in [5.41, 5.74) is 19.7. The van der Waals surface area contributed by atoms with Gasteiger partial charge in [0.15, 0.2) is 5.84 Å². The van der Waals surface area contributed by atoms with E-state index < -0.39 is 0 Å². The van der Waals surface area contributed by atoms with Crippen molar-refractivity contribution in [2.24, 2.45) is 16.5 Å². The van der Waals surface area contributed by atoms with Crippen molar-refractivity contribution in [1.29, 1.82) is 5.41 Å². The summed E-state index contributed by atoms with van der Waals surface area (Å²) in [5, 5.41) is 8.07. The molecule has 0 bridgehead atoms. The van der Waals surface area contributed by atoms with E-state index in [-0.39, 0.29) is 5.84 Å². The highest BCUT2D eigenvalue weighted by molar-refractivity contribution is 6.04. The number of benzene rings is 4. The molecule has 0 amide bonds. The van der Waals surface area contributed by atoms with Gasteiger partial charge in [-0.15, -0.1) is 0 Å². The molecular weight excluding hydrogens is 502 g/mol. The molecule has 0 fully saturated rings. The van der Waals surface area contributed by atoms with Crippen LogP contribution in [0.15, 0.2) is 151 Å². The molecule has 41 heavy (non-hydrogen) atoms. The van der Waals surface area contributed by atoms with Crippen LogP contribution in [-0.4, -0.2) is 11.7 Å². The van der Waals surface area contributed by atoms with E-state index >= 15 is 0 Å². The zero-order valence-electron chi connectivity index (χ0n) is 23.2. The molecule has 0 atom stereocenters. The van der Waals surface area contributed by atoms with Crippen LogP contribution in [-0.2, 0) is 0 Å². The van der Waals surface area contributed by atoms with E-state index in [4.69, 9.17) is 16.9 Å². The van der Waals surface area contributed by atoms with Gasteiger partial charge in [-0.05, 0) is 41.8 Å². The molecule has 1 aliphatic rings. The zero-order valence-corrected chi connectivity index (χ0v) is 23.2. The van der Waals surface area contributed by atoms with Gasteiger partial charge in [0, 0.05) is 23.7 Å². The molecule has 1 aliphatic heterocycles. The quantitative estimate of drug-likeness (QED) is 0.139. The van der Waals surface area contributed by atoms with Gasteiger partial charge in [0.1, 0.15) is 11.7 Å². The fourth-order valence-corrected chi connectivity index (χ4v) is 4.28. The molecule has 5 heteroatoms. The molecule has 1 heterocycles. The second-order valence-corrected chi connectivity index (χ2v) is 9.46. The number of amidine groups is 2. The minimum absolute atomic E-state index is 0.143. The topological polar surface area (TPSA) is 91.5 Å². The summed E-state index contributed by atoms with van der Waals surface area (Å²) in [7, 11) is 0. The third-order valence-corrected chi connectivity index (χ3v) is 6.43. The molecule has 5 nitrogen and oxygen atoms in total. The van der Waals surface area contributed by atoms with Gasteiger partial charge in [-0.25, -0.2) is 4.99 Å². The second kappa shape index (κ2) is 14.1. The summed E-state index contributed by atoms with van der Waals surface area (Å²) < 4.78 is 0. The van der Waals surface area contributed by atoms with Crippen LogP contribution >= 0.6 is 0 Å². The maximum Gasteiger partial charge on any atom is 0.153 e.